The molecule has 0 unspecified atom stereocenters. The number of aliphatic hydroxyl groups excluding tert-OH is 1. The number of hydrogen-bond donors (Lipinski definition) is 4. The normalized spacial score (nSPS) is 46.5. The zero-order valence-electron chi connectivity index (χ0n) is 25.1. The molecular weight excluding hydrogens is 502 g/mol. The standard InChI is InChI=1S/C30H55NO6S/c1-25(2,33)13-9-14-30(8,34)19-10-16-29(7)24(19)20(32)18-22-27(5)15-12-23(37-38(31,35)36)26(3,4)21(27)11-17-28(22,29)6/h19-24,32-34H,9-18H2,1-8H3,(H2,31,35,36)/t19-,20+,21-,22+,23-,24-,27-,28+,29+,30+/m0/s1. The molecule has 0 heterocycles. The summed E-state index contributed by atoms with van der Waals surface area (Å²) >= 11 is 0. The van der Waals surface area contributed by atoms with Gasteiger partial charge in [0.1, 0.15) is 0 Å². The van der Waals surface area contributed by atoms with Crippen LogP contribution in [0.25, 0.3) is 0 Å². The molecule has 4 aliphatic rings. The minimum Gasteiger partial charge on any atom is -0.393 e. The zero-order chi connectivity index (χ0) is 28.7. The Kier molecular flexibility index (Phi) is 7.58. The highest BCUT2D eigenvalue weighted by atomic mass is 32.2. The molecule has 38 heavy (non-hydrogen) atoms. The van der Waals surface area contributed by atoms with Crippen molar-refractivity contribution in [2.75, 3.05) is 0 Å². The van der Waals surface area contributed by atoms with E-state index in [9.17, 15) is 23.7 Å². The van der Waals surface area contributed by atoms with Crippen LogP contribution in [0.1, 0.15) is 120 Å². The topological polar surface area (TPSA) is 130 Å². The molecule has 0 spiro atoms. The second-order valence-electron chi connectivity index (χ2n) is 15.9. The molecule has 0 bridgehead atoms. The van der Waals surface area contributed by atoms with Crippen LogP contribution in [0.4, 0.5) is 0 Å². The first kappa shape index (κ1) is 30.7. The van der Waals surface area contributed by atoms with E-state index in [0.717, 1.165) is 44.9 Å². The Hall–Kier alpha value is -0.250. The fraction of sp³-hybridized carbons (Fsp3) is 1.00. The van der Waals surface area contributed by atoms with E-state index in [4.69, 9.17) is 9.32 Å². The molecule has 4 fully saturated rings. The maximum absolute atomic E-state index is 11.9. The molecule has 0 amide bonds. The van der Waals surface area contributed by atoms with Gasteiger partial charge in [-0.15, -0.1) is 0 Å². The number of rotatable bonds is 7. The summed E-state index contributed by atoms with van der Waals surface area (Å²) in [6.45, 7) is 17.0. The average molecular weight is 558 g/mol. The maximum atomic E-state index is 11.9. The van der Waals surface area contributed by atoms with E-state index in [1.165, 1.54) is 0 Å². The van der Waals surface area contributed by atoms with Crippen LogP contribution in [0, 0.1) is 45.3 Å². The molecule has 0 aliphatic heterocycles. The van der Waals surface area contributed by atoms with Gasteiger partial charge in [0, 0.05) is 0 Å². The van der Waals surface area contributed by atoms with E-state index >= 15 is 0 Å². The first-order chi connectivity index (χ1) is 17.1. The van der Waals surface area contributed by atoms with Gasteiger partial charge < -0.3 is 15.3 Å². The number of hydrogen-bond acceptors (Lipinski definition) is 6. The Morgan fingerprint density at radius 1 is 0.895 bits per heavy atom. The van der Waals surface area contributed by atoms with Crippen molar-refractivity contribution in [1.82, 2.24) is 0 Å². The van der Waals surface area contributed by atoms with Crippen LogP contribution < -0.4 is 5.14 Å². The van der Waals surface area contributed by atoms with E-state index in [1.807, 2.05) is 20.8 Å². The summed E-state index contributed by atoms with van der Waals surface area (Å²) in [6, 6.07) is 0. The van der Waals surface area contributed by atoms with Crippen molar-refractivity contribution >= 4 is 10.3 Å². The smallest absolute Gasteiger partial charge is 0.333 e. The molecule has 222 valence electrons. The summed E-state index contributed by atoms with van der Waals surface area (Å²) in [5, 5.41) is 39.0. The van der Waals surface area contributed by atoms with Gasteiger partial charge in [-0.1, -0.05) is 34.6 Å². The highest BCUT2D eigenvalue weighted by Gasteiger charge is 2.71. The Balaban J connectivity index is 1.62. The average Bonchev–Trinajstić information content (AvgIpc) is 3.11. The lowest BCUT2D eigenvalue weighted by Gasteiger charge is -2.70. The molecule has 0 aromatic heterocycles. The van der Waals surface area contributed by atoms with Crippen LogP contribution in [0.3, 0.4) is 0 Å². The summed E-state index contributed by atoms with van der Waals surface area (Å²) in [6.07, 6.45) is 7.23. The lowest BCUT2D eigenvalue weighted by atomic mass is 9.35. The fourth-order valence-electron chi connectivity index (χ4n) is 10.8. The van der Waals surface area contributed by atoms with E-state index in [2.05, 4.69) is 34.6 Å². The molecule has 7 nitrogen and oxygen atoms in total. The molecule has 0 radical (unpaired) electrons. The summed E-state index contributed by atoms with van der Waals surface area (Å²) in [5.74, 6) is 0.640. The van der Waals surface area contributed by atoms with Crippen molar-refractivity contribution in [1.29, 1.82) is 0 Å². The first-order valence-corrected chi connectivity index (χ1v) is 16.4. The second kappa shape index (κ2) is 9.38. The number of nitrogens with two attached hydrogens (primary N) is 1. The van der Waals surface area contributed by atoms with Gasteiger partial charge in [0.15, 0.2) is 0 Å². The minimum atomic E-state index is -4.03. The molecule has 0 aromatic carbocycles. The third-order valence-electron chi connectivity index (χ3n) is 12.8. The number of aliphatic hydroxyl groups is 3. The van der Waals surface area contributed by atoms with Gasteiger partial charge in [-0.25, -0.2) is 5.14 Å². The summed E-state index contributed by atoms with van der Waals surface area (Å²) in [5.41, 5.74) is -2.10. The van der Waals surface area contributed by atoms with E-state index in [1.54, 1.807) is 0 Å². The van der Waals surface area contributed by atoms with Gasteiger partial charge in [0.2, 0.25) is 0 Å². The van der Waals surface area contributed by atoms with Gasteiger partial charge in [-0.3, -0.25) is 4.18 Å². The van der Waals surface area contributed by atoms with Crippen molar-refractivity contribution < 1.29 is 27.9 Å². The lowest BCUT2D eigenvalue weighted by Crippen LogP contribution is -2.66. The monoisotopic (exact) mass is 557 g/mol. The predicted molar refractivity (Wildman–Crippen MR) is 149 cm³/mol. The highest BCUT2D eigenvalue weighted by Crippen LogP contribution is 2.76. The van der Waals surface area contributed by atoms with Gasteiger partial charge in [-0.2, -0.15) is 8.42 Å². The summed E-state index contributed by atoms with van der Waals surface area (Å²) in [7, 11) is -4.03. The lowest BCUT2D eigenvalue weighted by molar-refractivity contribution is -0.244. The van der Waals surface area contributed by atoms with Crippen molar-refractivity contribution in [3.05, 3.63) is 0 Å². The molecule has 4 rings (SSSR count). The van der Waals surface area contributed by atoms with Crippen LogP contribution in [-0.4, -0.2) is 47.1 Å². The van der Waals surface area contributed by atoms with E-state index in [0.29, 0.717) is 25.2 Å². The maximum Gasteiger partial charge on any atom is 0.333 e. The predicted octanol–water partition coefficient (Wildman–Crippen LogP) is 4.92. The zero-order valence-corrected chi connectivity index (χ0v) is 25.9. The summed E-state index contributed by atoms with van der Waals surface area (Å²) in [4.78, 5) is 0. The third kappa shape index (κ3) is 4.91. The third-order valence-corrected chi connectivity index (χ3v) is 13.3. The van der Waals surface area contributed by atoms with Crippen molar-refractivity contribution in [3.63, 3.8) is 0 Å². The molecule has 4 aliphatic carbocycles. The molecule has 0 aromatic rings. The molecule has 10 atom stereocenters. The fourth-order valence-corrected chi connectivity index (χ4v) is 11.5. The number of fused-ring (bicyclic) bond motifs is 5. The molecule has 4 saturated carbocycles. The van der Waals surface area contributed by atoms with Crippen molar-refractivity contribution in [2.45, 2.75) is 143 Å². The first-order valence-electron chi connectivity index (χ1n) is 14.9. The van der Waals surface area contributed by atoms with Crippen molar-refractivity contribution in [3.8, 4) is 0 Å². The minimum absolute atomic E-state index is 0.0176. The highest BCUT2D eigenvalue weighted by molar-refractivity contribution is 7.84. The van der Waals surface area contributed by atoms with Crippen molar-refractivity contribution in [2.24, 2.45) is 50.5 Å². The SMILES string of the molecule is CC(C)(O)CCC[C@@](C)(O)[C@H]1CC[C@]2(C)[C@@H]1[C@H](O)C[C@@H]1[C@@]3(C)CC[C@H](OS(N)(=O)=O)C(C)(C)[C@@H]3CC[C@]12C. The Labute approximate surface area is 231 Å². The quantitative estimate of drug-likeness (QED) is 0.351. The van der Waals surface area contributed by atoms with Crippen LogP contribution in [0.15, 0.2) is 0 Å². The van der Waals surface area contributed by atoms with Gasteiger partial charge >= 0.3 is 10.3 Å². The Morgan fingerprint density at radius 3 is 2.08 bits per heavy atom. The van der Waals surface area contributed by atoms with Gasteiger partial charge in [0.05, 0.1) is 23.4 Å². The largest absolute Gasteiger partial charge is 0.393 e. The van der Waals surface area contributed by atoms with Gasteiger partial charge in [-0.05, 0) is 130 Å². The second-order valence-corrected chi connectivity index (χ2v) is 17.1. The molecule has 5 N–H and O–H groups in total. The van der Waals surface area contributed by atoms with Crippen LogP contribution in [0.2, 0.25) is 0 Å². The van der Waals surface area contributed by atoms with Crippen LogP contribution >= 0.6 is 0 Å². The molecule has 0 saturated heterocycles. The van der Waals surface area contributed by atoms with Crippen LogP contribution in [0.5, 0.6) is 0 Å². The van der Waals surface area contributed by atoms with Gasteiger partial charge in [0.25, 0.3) is 0 Å². The van der Waals surface area contributed by atoms with E-state index in [-0.39, 0.29) is 39.4 Å². The molecular formula is C30H55NO6S. The Bertz CT molecular complexity index is 1000. The summed E-state index contributed by atoms with van der Waals surface area (Å²) < 4.78 is 29.1. The van der Waals surface area contributed by atoms with E-state index < -0.39 is 33.7 Å². The Morgan fingerprint density at radius 2 is 1.50 bits per heavy atom. The molecule has 8 heteroatoms. The van der Waals surface area contributed by atoms with Crippen LogP contribution in [-0.2, 0) is 14.5 Å².